The van der Waals surface area contributed by atoms with Gasteiger partial charge in [-0.15, -0.1) is 0 Å². The van der Waals surface area contributed by atoms with E-state index in [0.717, 1.165) is 25.1 Å². The molecular weight excluding hydrogens is 386 g/mol. The Morgan fingerprint density at radius 3 is 2.00 bits per heavy atom. The molecule has 0 aromatic heterocycles. The van der Waals surface area contributed by atoms with Crippen molar-refractivity contribution in [1.29, 1.82) is 0 Å². The van der Waals surface area contributed by atoms with Crippen molar-refractivity contribution >= 4 is 46.3 Å². The van der Waals surface area contributed by atoms with Gasteiger partial charge in [0.1, 0.15) is 0 Å². The lowest BCUT2D eigenvalue weighted by Crippen LogP contribution is -2.47. The van der Waals surface area contributed by atoms with Crippen LogP contribution in [0.25, 0.3) is 0 Å². The smallest absolute Gasteiger partial charge is 0.269 e. The fraction of sp³-hybridized carbons (Fsp3) is 0.471. The molecule has 1 aromatic carbocycles. The second-order valence-electron chi connectivity index (χ2n) is 5.49. The fourth-order valence-electron chi connectivity index (χ4n) is 1.95. The number of benzene rings is 1. The van der Waals surface area contributed by atoms with E-state index >= 15 is 0 Å². The maximum absolute atomic E-state index is 12.1. The van der Waals surface area contributed by atoms with Crippen molar-refractivity contribution < 1.29 is 14.3 Å². The lowest BCUT2D eigenvalue weighted by Gasteiger charge is -2.12. The van der Waals surface area contributed by atoms with Gasteiger partial charge >= 0.3 is 0 Å². The number of hydrazine groups is 1. The number of ether oxygens (including phenoxy) is 2. The van der Waals surface area contributed by atoms with Crippen molar-refractivity contribution in [3.05, 3.63) is 29.8 Å². The molecule has 1 rings (SSSR count). The second-order valence-corrected chi connectivity index (χ2v) is 6.30. The number of amides is 1. The zero-order valence-electron chi connectivity index (χ0n) is 15.6. The van der Waals surface area contributed by atoms with Crippen LogP contribution in [-0.2, 0) is 9.47 Å². The molecule has 0 aliphatic rings. The summed E-state index contributed by atoms with van der Waals surface area (Å²) in [6.45, 7) is 2.72. The van der Waals surface area contributed by atoms with Crippen molar-refractivity contribution in [3.8, 4) is 0 Å². The van der Waals surface area contributed by atoms with Gasteiger partial charge in [0, 0.05) is 51.8 Å². The Bertz CT molecular complexity index is 599. The molecule has 5 N–H and O–H groups in total. The summed E-state index contributed by atoms with van der Waals surface area (Å²) in [5.41, 5.74) is 6.49. The van der Waals surface area contributed by atoms with Gasteiger partial charge in [0.25, 0.3) is 5.91 Å². The van der Waals surface area contributed by atoms with E-state index in [1.54, 1.807) is 38.5 Å². The Labute approximate surface area is 170 Å². The molecule has 27 heavy (non-hydrogen) atoms. The summed E-state index contributed by atoms with van der Waals surface area (Å²) in [7, 11) is 3.31. The minimum absolute atomic E-state index is 0.289. The van der Waals surface area contributed by atoms with Crippen molar-refractivity contribution in [2.75, 3.05) is 45.8 Å². The van der Waals surface area contributed by atoms with E-state index in [1.807, 2.05) is 0 Å². The summed E-state index contributed by atoms with van der Waals surface area (Å²) in [5.74, 6) is -0.289. The molecule has 150 valence electrons. The molecule has 0 heterocycles. The Balaban J connectivity index is 2.32. The summed E-state index contributed by atoms with van der Waals surface area (Å²) in [6, 6.07) is 6.95. The van der Waals surface area contributed by atoms with Gasteiger partial charge in [-0.1, -0.05) is 0 Å². The topological polar surface area (TPSA) is 95.7 Å². The Hall–Kier alpha value is -2.01. The van der Waals surface area contributed by atoms with Crippen LogP contribution in [0.2, 0.25) is 0 Å². The lowest BCUT2D eigenvalue weighted by molar-refractivity contribution is 0.0943. The van der Waals surface area contributed by atoms with Crippen molar-refractivity contribution in [2.45, 2.75) is 12.8 Å². The fourth-order valence-corrected chi connectivity index (χ4v) is 2.32. The van der Waals surface area contributed by atoms with E-state index in [9.17, 15) is 4.79 Å². The highest BCUT2D eigenvalue weighted by Gasteiger charge is 2.06. The molecule has 1 aromatic rings. The number of hydrogen-bond donors (Lipinski definition) is 5. The van der Waals surface area contributed by atoms with Gasteiger partial charge in [-0.2, -0.15) is 0 Å². The van der Waals surface area contributed by atoms with E-state index in [-0.39, 0.29) is 5.91 Å². The number of carbonyl (C=O) groups is 1. The van der Waals surface area contributed by atoms with Crippen LogP contribution < -0.4 is 26.8 Å². The third-order valence-electron chi connectivity index (χ3n) is 3.32. The van der Waals surface area contributed by atoms with Crippen LogP contribution in [0.4, 0.5) is 5.69 Å². The third kappa shape index (κ3) is 10.7. The SMILES string of the molecule is COCCCNC(=S)NNC(=O)c1ccc(NC(=S)NCCCOC)cc1. The second kappa shape index (κ2) is 14.1. The number of methoxy groups -OCH3 is 2. The van der Waals surface area contributed by atoms with Crippen LogP contribution in [0, 0.1) is 0 Å². The summed E-state index contributed by atoms with van der Waals surface area (Å²) in [4.78, 5) is 12.1. The largest absolute Gasteiger partial charge is 0.385 e. The van der Waals surface area contributed by atoms with Crippen molar-refractivity contribution in [2.24, 2.45) is 0 Å². The maximum Gasteiger partial charge on any atom is 0.269 e. The minimum atomic E-state index is -0.289. The molecule has 0 bridgehead atoms. The zero-order valence-corrected chi connectivity index (χ0v) is 17.2. The van der Waals surface area contributed by atoms with Crippen LogP contribution >= 0.6 is 24.4 Å². The molecule has 8 nitrogen and oxygen atoms in total. The average Bonchev–Trinajstić information content (AvgIpc) is 2.67. The molecule has 0 aliphatic heterocycles. The Kier molecular flexibility index (Phi) is 12.0. The number of nitrogens with one attached hydrogen (secondary N) is 5. The van der Waals surface area contributed by atoms with Crippen LogP contribution in [0.15, 0.2) is 24.3 Å². The first-order chi connectivity index (χ1) is 13.1. The van der Waals surface area contributed by atoms with Gasteiger partial charge in [-0.05, 0) is 61.5 Å². The molecule has 0 spiro atoms. The van der Waals surface area contributed by atoms with E-state index in [0.29, 0.717) is 35.5 Å². The molecule has 0 unspecified atom stereocenters. The highest BCUT2D eigenvalue weighted by Crippen LogP contribution is 2.09. The molecule has 0 radical (unpaired) electrons. The molecule has 0 fully saturated rings. The highest BCUT2D eigenvalue weighted by molar-refractivity contribution is 7.80. The molecule has 0 saturated heterocycles. The maximum atomic E-state index is 12.1. The average molecular weight is 414 g/mol. The third-order valence-corrected chi connectivity index (χ3v) is 3.81. The predicted octanol–water partition coefficient (Wildman–Crippen LogP) is 1.15. The van der Waals surface area contributed by atoms with Gasteiger partial charge in [0.2, 0.25) is 0 Å². The first-order valence-electron chi connectivity index (χ1n) is 8.53. The quantitative estimate of drug-likeness (QED) is 0.220. The van der Waals surface area contributed by atoms with Crippen LogP contribution in [0.3, 0.4) is 0 Å². The summed E-state index contributed by atoms with van der Waals surface area (Å²) < 4.78 is 9.92. The van der Waals surface area contributed by atoms with Crippen molar-refractivity contribution in [1.82, 2.24) is 21.5 Å². The monoisotopic (exact) mass is 413 g/mol. The van der Waals surface area contributed by atoms with Crippen LogP contribution in [-0.4, -0.2) is 56.7 Å². The number of thiocarbonyl (C=S) groups is 2. The summed E-state index contributed by atoms with van der Waals surface area (Å²) in [6.07, 6.45) is 1.69. The first kappa shape index (κ1) is 23.0. The lowest BCUT2D eigenvalue weighted by atomic mass is 10.2. The molecule has 1 amide bonds. The minimum Gasteiger partial charge on any atom is -0.385 e. The molecular formula is C17H27N5O3S2. The van der Waals surface area contributed by atoms with E-state index < -0.39 is 0 Å². The molecule has 10 heteroatoms. The predicted molar refractivity (Wildman–Crippen MR) is 115 cm³/mol. The van der Waals surface area contributed by atoms with Gasteiger partial charge in [0.15, 0.2) is 10.2 Å². The summed E-state index contributed by atoms with van der Waals surface area (Å²) in [5, 5.41) is 9.98. The van der Waals surface area contributed by atoms with E-state index in [2.05, 4.69) is 26.8 Å². The van der Waals surface area contributed by atoms with Crippen molar-refractivity contribution in [3.63, 3.8) is 0 Å². The van der Waals surface area contributed by atoms with Crippen LogP contribution in [0.1, 0.15) is 23.2 Å². The van der Waals surface area contributed by atoms with Gasteiger partial charge in [0.05, 0.1) is 0 Å². The van der Waals surface area contributed by atoms with E-state index in [1.165, 1.54) is 0 Å². The molecule has 0 saturated carbocycles. The Morgan fingerprint density at radius 2 is 1.44 bits per heavy atom. The van der Waals surface area contributed by atoms with Gasteiger partial charge < -0.3 is 25.4 Å². The van der Waals surface area contributed by atoms with Gasteiger partial charge in [-0.3, -0.25) is 15.6 Å². The van der Waals surface area contributed by atoms with Gasteiger partial charge in [-0.25, -0.2) is 0 Å². The first-order valence-corrected chi connectivity index (χ1v) is 9.35. The molecule has 0 atom stereocenters. The highest BCUT2D eigenvalue weighted by atomic mass is 32.1. The number of anilines is 1. The van der Waals surface area contributed by atoms with E-state index in [4.69, 9.17) is 33.9 Å². The number of rotatable bonds is 10. The summed E-state index contributed by atoms with van der Waals surface area (Å²) >= 11 is 10.3. The molecule has 0 aliphatic carbocycles. The normalized spacial score (nSPS) is 10.0. The number of hydrogen-bond acceptors (Lipinski definition) is 5. The zero-order chi connectivity index (χ0) is 19.9. The van der Waals surface area contributed by atoms with Crippen LogP contribution in [0.5, 0.6) is 0 Å². The number of carbonyl (C=O) groups excluding carboxylic acids is 1. The standard InChI is InChI=1S/C17H27N5O3S2/c1-24-11-3-9-18-16(26)20-14-7-5-13(6-8-14)15(23)21-22-17(27)19-10-4-12-25-2/h5-8H,3-4,9-12H2,1-2H3,(H,21,23)(H2,18,20,26)(H2,19,22,27). The Morgan fingerprint density at radius 1 is 0.889 bits per heavy atom.